The minimum Gasteiger partial charge on any atom is -0.359 e. The average Bonchev–Trinajstić information content (AvgIpc) is 3.04. The van der Waals surface area contributed by atoms with Gasteiger partial charge in [-0.1, -0.05) is 15.9 Å². The third-order valence-electron chi connectivity index (χ3n) is 4.39. The highest BCUT2D eigenvalue weighted by Crippen LogP contribution is 2.46. The minimum absolute atomic E-state index is 0.205. The Bertz CT molecular complexity index is 1060. The minimum atomic E-state index is -0.535. The van der Waals surface area contributed by atoms with Crippen molar-refractivity contribution in [3.63, 3.8) is 0 Å². The van der Waals surface area contributed by atoms with E-state index >= 15 is 0 Å². The number of hydrogen-bond donors (Lipinski definition) is 2. The number of methoxy groups -OCH3 is 1. The van der Waals surface area contributed by atoms with Crippen LogP contribution in [0.3, 0.4) is 0 Å². The van der Waals surface area contributed by atoms with Gasteiger partial charge >= 0.3 is 0 Å². The number of hydrogen-bond acceptors (Lipinski definition) is 2. The van der Waals surface area contributed by atoms with Crippen molar-refractivity contribution >= 4 is 96.5 Å². The van der Waals surface area contributed by atoms with Crippen LogP contribution in [0.5, 0.6) is 0 Å². The number of H-pyrrole nitrogens is 1. The van der Waals surface area contributed by atoms with Crippen molar-refractivity contribution in [1.82, 2.24) is 14.9 Å². The lowest BCUT2D eigenvalue weighted by Crippen LogP contribution is -2.49. The van der Waals surface area contributed by atoms with Crippen LogP contribution in [0.15, 0.2) is 40.8 Å². The van der Waals surface area contributed by atoms with Gasteiger partial charge in [0.05, 0.1) is 13.5 Å². The maximum atomic E-state index is 12.6. The molecule has 0 radical (unpaired) electrons. The number of fused-ring (bicyclic) bond motifs is 2. The van der Waals surface area contributed by atoms with Crippen molar-refractivity contribution in [2.75, 3.05) is 7.11 Å². The molecule has 1 aliphatic heterocycles. The molecule has 1 aromatic carbocycles. The summed E-state index contributed by atoms with van der Waals surface area (Å²) in [7, 11) is 1.59. The molecule has 26 heavy (non-hydrogen) atoms. The molecular formula is C16H10Br5N3O2. The summed E-state index contributed by atoms with van der Waals surface area (Å²) in [6.07, 6.45) is -0.535. The Balaban J connectivity index is 2.07. The molecule has 2 aromatic heterocycles. The maximum absolute atomic E-state index is 12.6. The Kier molecular flexibility index (Phi) is 5.20. The van der Waals surface area contributed by atoms with Crippen LogP contribution in [0.25, 0.3) is 10.9 Å². The highest BCUT2D eigenvalue weighted by Gasteiger charge is 2.41. The van der Waals surface area contributed by atoms with Gasteiger partial charge in [-0.3, -0.25) is 4.79 Å². The van der Waals surface area contributed by atoms with E-state index in [0.29, 0.717) is 10.2 Å². The van der Waals surface area contributed by atoms with E-state index in [1.165, 1.54) is 0 Å². The van der Waals surface area contributed by atoms with Crippen LogP contribution in [-0.2, 0) is 4.74 Å². The lowest BCUT2D eigenvalue weighted by Gasteiger charge is -2.34. The molecule has 2 atom stereocenters. The Labute approximate surface area is 190 Å². The molecule has 1 aliphatic rings. The Morgan fingerprint density at radius 3 is 2.54 bits per heavy atom. The van der Waals surface area contributed by atoms with E-state index in [1.54, 1.807) is 7.11 Å². The summed E-state index contributed by atoms with van der Waals surface area (Å²) in [6, 6.07) is 5.75. The molecule has 5 nitrogen and oxygen atoms in total. The van der Waals surface area contributed by atoms with Gasteiger partial charge in [0.1, 0.15) is 16.3 Å². The number of ether oxygens (including phenoxy) is 1. The van der Waals surface area contributed by atoms with Crippen molar-refractivity contribution in [2.45, 2.75) is 12.3 Å². The summed E-state index contributed by atoms with van der Waals surface area (Å²) in [6.45, 7) is 0. The monoisotopic (exact) mass is 671 g/mol. The summed E-state index contributed by atoms with van der Waals surface area (Å²) in [4.78, 5) is 16.0. The first-order valence-electron chi connectivity index (χ1n) is 7.40. The zero-order chi connectivity index (χ0) is 18.7. The number of carbonyl (C=O) groups excluding carboxylic acids is 1. The van der Waals surface area contributed by atoms with Gasteiger partial charge in [0.25, 0.3) is 5.91 Å². The third kappa shape index (κ3) is 2.79. The van der Waals surface area contributed by atoms with Crippen LogP contribution in [-0.4, -0.2) is 28.8 Å². The van der Waals surface area contributed by atoms with Gasteiger partial charge < -0.3 is 19.6 Å². The second kappa shape index (κ2) is 7.04. The summed E-state index contributed by atoms with van der Waals surface area (Å²) in [5, 5.41) is 3.98. The number of halogens is 5. The highest BCUT2D eigenvalue weighted by molar-refractivity contribution is 9.14. The quantitative estimate of drug-likeness (QED) is 0.346. The molecular weight excluding hydrogens is 666 g/mol. The molecule has 0 saturated carbocycles. The Hall–Kier alpha value is -0.130. The predicted octanol–water partition coefficient (Wildman–Crippen LogP) is 6.09. The second-order valence-corrected chi connectivity index (χ2v) is 9.80. The first kappa shape index (κ1) is 19.2. The zero-order valence-corrected chi connectivity index (χ0v) is 21.0. The van der Waals surface area contributed by atoms with E-state index < -0.39 is 6.23 Å². The van der Waals surface area contributed by atoms with Gasteiger partial charge in [-0.05, 0) is 81.9 Å². The molecule has 0 aliphatic carbocycles. The molecule has 3 heterocycles. The maximum Gasteiger partial charge on any atom is 0.271 e. The number of aromatic amines is 1. The number of nitrogens with zero attached hydrogens (tertiary/aromatic N) is 1. The van der Waals surface area contributed by atoms with Crippen molar-refractivity contribution in [3.8, 4) is 0 Å². The molecule has 0 saturated heterocycles. The first-order chi connectivity index (χ1) is 12.3. The van der Waals surface area contributed by atoms with Gasteiger partial charge in [0.15, 0.2) is 6.23 Å². The fourth-order valence-electron chi connectivity index (χ4n) is 3.30. The van der Waals surface area contributed by atoms with Gasteiger partial charge in [-0.25, -0.2) is 0 Å². The number of aromatic nitrogens is 2. The number of carbonyl (C=O) groups is 1. The second-order valence-electron chi connectivity index (χ2n) is 5.75. The van der Waals surface area contributed by atoms with Crippen LogP contribution >= 0.6 is 79.6 Å². The number of rotatable bonds is 2. The zero-order valence-electron chi connectivity index (χ0n) is 13.0. The summed E-state index contributed by atoms with van der Waals surface area (Å²) < 4.78 is 11.6. The molecule has 0 spiro atoms. The van der Waals surface area contributed by atoms with E-state index in [2.05, 4.69) is 96.0 Å². The van der Waals surface area contributed by atoms with Crippen LogP contribution in [0.1, 0.15) is 22.1 Å². The molecule has 1 amide bonds. The van der Waals surface area contributed by atoms with Crippen LogP contribution in [0, 0.1) is 0 Å². The molecule has 4 rings (SSSR count). The fourth-order valence-corrected chi connectivity index (χ4v) is 6.12. The number of nitrogens with one attached hydrogen (secondary N) is 2. The summed E-state index contributed by atoms with van der Waals surface area (Å²) in [5.41, 5.74) is 2.51. The van der Waals surface area contributed by atoms with E-state index in [-0.39, 0.29) is 11.9 Å². The van der Waals surface area contributed by atoms with Crippen molar-refractivity contribution in [1.29, 1.82) is 0 Å². The van der Waals surface area contributed by atoms with E-state index in [4.69, 9.17) is 4.74 Å². The summed E-state index contributed by atoms with van der Waals surface area (Å²) >= 11 is 17.9. The normalized spacial score (nSPS) is 19.7. The molecule has 2 N–H and O–H groups in total. The molecule has 0 fully saturated rings. The van der Waals surface area contributed by atoms with Crippen molar-refractivity contribution in [2.24, 2.45) is 0 Å². The fraction of sp³-hybridized carbons (Fsp3) is 0.188. The van der Waals surface area contributed by atoms with Gasteiger partial charge in [-0.2, -0.15) is 0 Å². The first-order valence-corrected chi connectivity index (χ1v) is 11.4. The standard InChI is InChI=1S/C16H10Br5N3O2/c1-26-16-11(8-6-4-5(17)2-3-7(6)22-13(8)20)24-12(15(25)23-16)9(18)10(19)14(24)21/h2-4,11,16,22H,1H3,(H,23,25)/t11-,16+/m0/s1. The highest BCUT2D eigenvalue weighted by atomic mass is 79.9. The Morgan fingerprint density at radius 2 is 1.85 bits per heavy atom. The molecule has 3 aromatic rings. The average molecular weight is 676 g/mol. The van der Waals surface area contributed by atoms with Gasteiger partial charge in [0.2, 0.25) is 0 Å². The lowest BCUT2D eigenvalue weighted by atomic mass is 10.0. The van der Waals surface area contributed by atoms with Crippen LogP contribution < -0.4 is 5.32 Å². The topological polar surface area (TPSA) is 59.0 Å². The van der Waals surface area contributed by atoms with Crippen LogP contribution in [0.2, 0.25) is 0 Å². The van der Waals surface area contributed by atoms with Crippen LogP contribution in [0.4, 0.5) is 0 Å². The van der Waals surface area contributed by atoms with Gasteiger partial charge in [0, 0.05) is 28.0 Å². The summed E-state index contributed by atoms with van der Waals surface area (Å²) in [5.74, 6) is -0.205. The lowest BCUT2D eigenvalue weighted by molar-refractivity contribution is 0.0274. The van der Waals surface area contributed by atoms with Crippen molar-refractivity contribution < 1.29 is 9.53 Å². The van der Waals surface area contributed by atoms with E-state index in [9.17, 15) is 4.79 Å². The van der Waals surface area contributed by atoms with Gasteiger partial charge in [-0.15, -0.1) is 0 Å². The predicted molar refractivity (Wildman–Crippen MR) is 118 cm³/mol. The molecule has 0 bridgehead atoms. The Morgan fingerprint density at radius 1 is 1.12 bits per heavy atom. The van der Waals surface area contributed by atoms with E-state index in [0.717, 1.165) is 34.6 Å². The van der Waals surface area contributed by atoms with E-state index in [1.807, 2.05) is 16.7 Å². The van der Waals surface area contributed by atoms with Crippen molar-refractivity contribution in [3.05, 3.63) is 52.1 Å². The number of benzene rings is 1. The smallest absolute Gasteiger partial charge is 0.271 e. The number of amides is 1. The SMILES string of the molecule is CO[C@H]1NC(=O)c2c(Br)c(Br)c(Br)n2[C@H]1c1c(Br)[nH]c2ccc(Br)cc12. The third-order valence-corrected chi connectivity index (χ3v) is 8.90. The molecule has 10 heteroatoms. The molecule has 136 valence electrons. The largest absolute Gasteiger partial charge is 0.359 e. The molecule has 0 unspecified atom stereocenters.